The maximum atomic E-state index is 3.73. The molecule has 0 aromatic carbocycles. The van der Waals surface area contributed by atoms with Crippen LogP contribution < -0.4 is 0 Å². The molecule has 0 amide bonds. The lowest BCUT2D eigenvalue weighted by atomic mass is 10.3. The smallest absolute Gasteiger partial charge is 0.0376 e. The van der Waals surface area contributed by atoms with E-state index >= 15 is 0 Å². The van der Waals surface area contributed by atoms with Gasteiger partial charge in [-0.25, -0.2) is 0 Å². The van der Waals surface area contributed by atoms with Crippen LogP contribution >= 0.6 is 0 Å². The normalized spacial score (nSPS) is 11.3. The van der Waals surface area contributed by atoms with E-state index in [4.69, 9.17) is 0 Å². The van der Waals surface area contributed by atoms with Gasteiger partial charge in [0.2, 0.25) is 0 Å². The summed E-state index contributed by atoms with van der Waals surface area (Å²) in [5, 5.41) is 0. The van der Waals surface area contributed by atoms with Crippen LogP contribution in [-0.2, 0) is 0 Å². The molecule has 0 atom stereocenters. The summed E-state index contributed by atoms with van der Waals surface area (Å²) in [5.41, 5.74) is 1.09. The molecule has 0 aliphatic carbocycles. The van der Waals surface area contributed by atoms with E-state index in [0.29, 0.717) is 0 Å². The van der Waals surface area contributed by atoms with Crippen LogP contribution in [0.5, 0.6) is 0 Å². The van der Waals surface area contributed by atoms with Crippen molar-refractivity contribution in [2.75, 3.05) is 0 Å². The van der Waals surface area contributed by atoms with Gasteiger partial charge in [-0.1, -0.05) is 43.4 Å². The first-order valence-corrected chi connectivity index (χ1v) is 3.26. The summed E-state index contributed by atoms with van der Waals surface area (Å²) in [7, 11) is 0. The maximum absolute atomic E-state index is 3.73. The summed E-state index contributed by atoms with van der Waals surface area (Å²) in [4.78, 5) is 0. The minimum atomic E-state index is 1.09. The molecule has 0 aliphatic rings. The highest BCUT2D eigenvalue weighted by Gasteiger charge is 1.68. The van der Waals surface area contributed by atoms with Gasteiger partial charge in [0.15, 0.2) is 0 Å². The second-order valence-corrected chi connectivity index (χ2v) is 2.04. The molecule has 0 heteroatoms. The van der Waals surface area contributed by atoms with E-state index in [-0.39, 0.29) is 0 Å². The van der Waals surface area contributed by atoms with Crippen molar-refractivity contribution < 1.29 is 0 Å². The molecule has 0 aliphatic heterocycles. The molecule has 0 N–H and O–H groups in total. The number of allylic oxidation sites excluding steroid dienone is 5. The lowest BCUT2D eigenvalue weighted by Gasteiger charge is -1.79. The first kappa shape index (κ1) is 8.22. The van der Waals surface area contributed by atoms with Crippen LogP contribution in [0.2, 0.25) is 0 Å². The van der Waals surface area contributed by atoms with Gasteiger partial charge < -0.3 is 0 Å². The van der Waals surface area contributed by atoms with Crippen molar-refractivity contribution in [2.24, 2.45) is 0 Å². The van der Waals surface area contributed by atoms with Gasteiger partial charge in [-0.05, 0) is 13.3 Å². The Hall–Kier alpha value is -0.780. The lowest BCUT2D eigenvalue weighted by molar-refractivity contribution is 1.22. The van der Waals surface area contributed by atoms with Crippen LogP contribution in [-0.4, -0.2) is 0 Å². The summed E-state index contributed by atoms with van der Waals surface area (Å²) in [5.74, 6) is 0. The molecule has 0 heterocycles. The van der Waals surface area contributed by atoms with E-state index in [1.807, 2.05) is 25.2 Å². The average molecular weight is 122 g/mol. The van der Waals surface area contributed by atoms with Crippen LogP contribution in [0, 0.1) is 0 Å². The third-order valence-corrected chi connectivity index (χ3v) is 0.864. The Morgan fingerprint density at radius 2 is 2.11 bits per heavy atom. The molecule has 0 saturated heterocycles. The first-order valence-electron chi connectivity index (χ1n) is 3.26. The topological polar surface area (TPSA) is 0 Å². The van der Waals surface area contributed by atoms with Gasteiger partial charge in [-0.2, -0.15) is 0 Å². The monoisotopic (exact) mass is 122 g/mol. The molecule has 0 aromatic heterocycles. The van der Waals surface area contributed by atoms with Crippen molar-refractivity contribution in [3.8, 4) is 0 Å². The average Bonchev–Trinajstić information content (AvgIpc) is 1.80. The fraction of sp³-hybridized carbons (Fsp3) is 0.333. The van der Waals surface area contributed by atoms with Gasteiger partial charge in [0.05, 0.1) is 0 Å². The second-order valence-electron chi connectivity index (χ2n) is 2.04. The zero-order chi connectivity index (χ0) is 7.11. The zero-order valence-corrected chi connectivity index (χ0v) is 6.22. The minimum Gasteiger partial charge on any atom is -0.0961 e. The molecule has 0 unspecified atom stereocenters. The Balaban J connectivity index is 3.47. The molecule has 0 bridgehead atoms. The number of rotatable bonds is 3. The quantitative estimate of drug-likeness (QED) is 0.504. The van der Waals surface area contributed by atoms with Gasteiger partial charge in [0.25, 0.3) is 0 Å². The highest BCUT2D eigenvalue weighted by Crippen LogP contribution is 1.89. The molecule has 50 valence electrons. The van der Waals surface area contributed by atoms with Crippen LogP contribution in [0.1, 0.15) is 20.3 Å². The highest BCUT2D eigenvalue weighted by molar-refractivity contribution is 5.16. The molecule has 0 radical (unpaired) electrons. The van der Waals surface area contributed by atoms with E-state index in [0.717, 1.165) is 12.0 Å². The van der Waals surface area contributed by atoms with E-state index in [9.17, 15) is 0 Å². The molecule has 9 heavy (non-hydrogen) atoms. The Morgan fingerprint density at radius 3 is 2.56 bits per heavy atom. The van der Waals surface area contributed by atoms with E-state index in [1.165, 1.54) is 0 Å². The SMILES string of the molecule is C=C(C)/C=C\C=C\CC. The molecule has 0 spiro atoms. The van der Waals surface area contributed by atoms with Gasteiger partial charge >= 0.3 is 0 Å². The molecule has 0 rings (SSSR count). The third-order valence-electron chi connectivity index (χ3n) is 0.864. The zero-order valence-electron chi connectivity index (χ0n) is 6.22. The fourth-order valence-corrected chi connectivity index (χ4v) is 0.434. The van der Waals surface area contributed by atoms with Crippen LogP contribution in [0.4, 0.5) is 0 Å². The number of hydrogen-bond acceptors (Lipinski definition) is 0. The predicted octanol–water partition coefficient (Wildman–Crippen LogP) is 3.08. The third kappa shape index (κ3) is 7.22. The van der Waals surface area contributed by atoms with Crippen LogP contribution in [0.3, 0.4) is 0 Å². The van der Waals surface area contributed by atoms with Crippen molar-refractivity contribution in [3.63, 3.8) is 0 Å². The van der Waals surface area contributed by atoms with E-state index in [1.54, 1.807) is 0 Å². The van der Waals surface area contributed by atoms with Crippen molar-refractivity contribution in [1.29, 1.82) is 0 Å². The highest BCUT2D eigenvalue weighted by atomic mass is 13.7. The summed E-state index contributed by atoms with van der Waals surface area (Å²) in [6.45, 7) is 7.83. The first-order chi connectivity index (χ1) is 4.27. The largest absolute Gasteiger partial charge is 0.0961 e. The Labute approximate surface area is 57.6 Å². The molecular formula is C9H14. The van der Waals surface area contributed by atoms with Gasteiger partial charge in [-0.15, -0.1) is 0 Å². The molecule has 0 nitrogen and oxygen atoms in total. The van der Waals surface area contributed by atoms with Crippen molar-refractivity contribution in [3.05, 3.63) is 36.5 Å². The lowest BCUT2D eigenvalue weighted by Crippen LogP contribution is -1.58. The Kier molecular flexibility index (Phi) is 4.89. The van der Waals surface area contributed by atoms with E-state index in [2.05, 4.69) is 19.6 Å². The van der Waals surface area contributed by atoms with Crippen LogP contribution in [0.25, 0.3) is 0 Å². The second kappa shape index (κ2) is 5.36. The summed E-state index contributed by atoms with van der Waals surface area (Å²) < 4.78 is 0. The summed E-state index contributed by atoms with van der Waals surface area (Å²) in [6.07, 6.45) is 9.24. The Morgan fingerprint density at radius 1 is 1.44 bits per heavy atom. The standard InChI is InChI=1S/C9H14/c1-4-5-6-7-8-9(2)3/h5-8H,2,4H2,1,3H3/b6-5+,8-7-. The van der Waals surface area contributed by atoms with E-state index < -0.39 is 0 Å². The maximum Gasteiger partial charge on any atom is -0.0376 e. The van der Waals surface area contributed by atoms with Crippen molar-refractivity contribution in [2.45, 2.75) is 20.3 Å². The molecule has 0 saturated carbocycles. The minimum absolute atomic E-state index is 1.09. The van der Waals surface area contributed by atoms with Crippen molar-refractivity contribution in [1.82, 2.24) is 0 Å². The summed E-state index contributed by atoms with van der Waals surface area (Å²) in [6, 6.07) is 0. The van der Waals surface area contributed by atoms with Crippen LogP contribution in [0.15, 0.2) is 36.5 Å². The van der Waals surface area contributed by atoms with Crippen molar-refractivity contribution >= 4 is 0 Å². The fourth-order valence-electron chi connectivity index (χ4n) is 0.434. The van der Waals surface area contributed by atoms with Gasteiger partial charge in [-0.3, -0.25) is 0 Å². The van der Waals surface area contributed by atoms with Gasteiger partial charge in [0.1, 0.15) is 0 Å². The molecule has 0 fully saturated rings. The number of hydrogen-bond donors (Lipinski definition) is 0. The molecule has 0 aromatic rings. The summed E-state index contributed by atoms with van der Waals surface area (Å²) >= 11 is 0. The molecular weight excluding hydrogens is 108 g/mol. The van der Waals surface area contributed by atoms with Gasteiger partial charge in [0, 0.05) is 0 Å². The predicted molar refractivity (Wildman–Crippen MR) is 43.4 cm³/mol. The Bertz CT molecular complexity index is 127.